The molecular formula is C14H28BrN. The molecule has 0 atom stereocenters. The number of nitrogens with zero attached hydrogens (tertiary/aromatic N) is 1. The molecule has 0 saturated heterocycles. The number of alkyl halides is 1. The number of rotatable bonds is 5. The lowest BCUT2D eigenvalue weighted by atomic mass is 9.90. The number of halogens is 1. The minimum Gasteiger partial charge on any atom is -0.300 e. The third-order valence-electron chi connectivity index (χ3n) is 3.61. The fourth-order valence-electron chi connectivity index (χ4n) is 2.51. The van der Waals surface area contributed by atoms with Crippen LogP contribution in [0, 0.1) is 5.41 Å². The largest absolute Gasteiger partial charge is 0.300 e. The predicted molar refractivity (Wildman–Crippen MR) is 76.3 cm³/mol. The smallest absolute Gasteiger partial charge is 0.0159 e. The Morgan fingerprint density at radius 2 is 1.69 bits per heavy atom. The number of hydrogen-bond acceptors (Lipinski definition) is 1. The van der Waals surface area contributed by atoms with Crippen LogP contribution in [0.3, 0.4) is 0 Å². The van der Waals surface area contributed by atoms with Gasteiger partial charge in [0.25, 0.3) is 0 Å². The average molecular weight is 290 g/mol. The highest BCUT2D eigenvalue weighted by atomic mass is 79.9. The van der Waals surface area contributed by atoms with E-state index in [4.69, 9.17) is 0 Å². The lowest BCUT2D eigenvalue weighted by molar-refractivity contribution is 0.146. The van der Waals surface area contributed by atoms with Crippen LogP contribution < -0.4 is 0 Å². The van der Waals surface area contributed by atoms with Gasteiger partial charge in [-0.25, -0.2) is 0 Å². The molecule has 1 rings (SSSR count). The highest BCUT2D eigenvalue weighted by Gasteiger charge is 2.22. The third-order valence-corrected chi connectivity index (χ3v) is 3.97. The van der Waals surface area contributed by atoms with Crippen molar-refractivity contribution in [3.8, 4) is 0 Å². The molecule has 16 heavy (non-hydrogen) atoms. The first-order valence-electron chi connectivity index (χ1n) is 6.83. The van der Waals surface area contributed by atoms with Crippen molar-refractivity contribution in [1.82, 2.24) is 4.90 Å². The van der Waals surface area contributed by atoms with Crippen molar-refractivity contribution in [2.45, 2.75) is 65.3 Å². The molecule has 0 aromatic carbocycles. The maximum absolute atomic E-state index is 3.60. The summed E-state index contributed by atoms with van der Waals surface area (Å²) in [6.45, 7) is 9.54. The molecule has 0 aromatic rings. The van der Waals surface area contributed by atoms with Crippen molar-refractivity contribution in [2.75, 3.05) is 18.4 Å². The summed E-state index contributed by atoms with van der Waals surface area (Å²) in [7, 11) is 0. The van der Waals surface area contributed by atoms with Crippen molar-refractivity contribution in [3.05, 3.63) is 0 Å². The molecule has 0 radical (unpaired) electrons. The second kappa shape index (κ2) is 7.00. The van der Waals surface area contributed by atoms with E-state index in [-0.39, 0.29) is 0 Å². The zero-order chi connectivity index (χ0) is 12.0. The van der Waals surface area contributed by atoms with Crippen LogP contribution in [0.15, 0.2) is 0 Å². The fourth-order valence-corrected chi connectivity index (χ4v) is 2.97. The first kappa shape index (κ1) is 14.5. The summed E-state index contributed by atoms with van der Waals surface area (Å²) >= 11 is 3.60. The molecule has 0 unspecified atom stereocenters. The first-order valence-corrected chi connectivity index (χ1v) is 7.95. The van der Waals surface area contributed by atoms with E-state index >= 15 is 0 Å². The lowest BCUT2D eigenvalue weighted by Crippen LogP contribution is -2.39. The molecule has 0 aliphatic heterocycles. The molecule has 1 saturated carbocycles. The van der Waals surface area contributed by atoms with Gasteiger partial charge in [0.2, 0.25) is 0 Å². The summed E-state index contributed by atoms with van der Waals surface area (Å²) in [5, 5.41) is 1.12. The summed E-state index contributed by atoms with van der Waals surface area (Å²) in [5.74, 6) is 0. The van der Waals surface area contributed by atoms with Gasteiger partial charge >= 0.3 is 0 Å². The van der Waals surface area contributed by atoms with E-state index in [1.807, 2.05) is 0 Å². The van der Waals surface area contributed by atoms with E-state index in [1.165, 1.54) is 51.6 Å². The first-order chi connectivity index (χ1) is 7.53. The maximum atomic E-state index is 3.60. The molecule has 1 aliphatic carbocycles. The van der Waals surface area contributed by atoms with Crippen LogP contribution in [0.2, 0.25) is 0 Å². The molecule has 0 spiro atoms. The molecule has 0 bridgehead atoms. The van der Waals surface area contributed by atoms with Gasteiger partial charge < -0.3 is 0 Å². The van der Waals surface area contributed by atoms with Gasteiger partial charge in [-0.3, -0.25) is 4.90 Å². The predicted octanol–water partition coefficient (Wildman–Crippen LogP) is 4.45. The standard InChI is InChI=1S/C14H28BrN/c1-14(2,3)9-11-16(12-10-15)13-7-5-4-6-8-13/h13H,4-12H2,1-3H3. The Morgan fingerprint density at radius 3 is 2.19 bits per heavy atom. The van der Waals surface area contributed by atoms with Crippen molar-refractivity contribution < 1.29 is 0 Å². The highest BCUT2D eigenvalue weighted by molar-refractivity contribution is 9.09. The summed E-state index contributed by atoms with van der Waals surface area (Å²) in [6.07, 6.45) is 8.51. The summed E-state index contributed by atoms with van der Waals surface area (Å²) < 4.78 is 0. The zero-order valence-corrected chi connectivity index (χ0v) is 12.9. The highest BCUT2D eigenvalue weighted by Crippen LogP contribution is 2.25. The van der Waals surface area contributed by atoms with Gasteiger partial charge in [0.1, 0.15) is 0 Å². The lowest BCUT2D eigenvalue weighted by Gasteiger charge is -2.35. The molecule has 2 heteroatoms. The Hall–Kier alpha value is 0.440. The molecular weight excluding hydrogens is 262 g/mol. The Labute approximate surface area is 110 Å². The minimum absolute atomic E-state index is 0.471. The van der Waals surface area contributed by atoms with Gasteiger partial charge in [-0.15, -0.1) is 0 Å². The Balaban J connectivity index is 2.39. The summed E-state index contributed by atoms with van der Waals surface area (Å²) in [5.41, 5.74) is 0.471. The van der Waals surface area contributed by atoms with E-state index < -0.39 is 0 Å². The fraction of sp³-hybridized carbons (Fsp3) is 1.00. The Morgan fingerprint density at radius 1 is 1.06 bits per heavy atom. The van der Waals surface area contributed by atoms with Crippen molar-refractivity contribution in [3.63, 3.8) is 0 Å². The molecule has 1 nitrogen and oxygen atoms in total. The van der Waals surface area contributed by atoms with Crippen molar-refractivity contribution in [1.29, 1.82) is 0 Å². The van der Waals surface area contributed by atoms with Gasteiger partial charge in [0.05, 0.1) is 0 Å². The van der Waals surface area contributed by atoms with Crippen molar-refractivity contribution in [2.24, 2.45) is 5.41 Å². The van der Waals surface area contributed by atoms with E-state index in [2.05, 4.69) is 41.6 Å². The molecule has 0 aromatic heterocycles. The van der Waals surface area contributed by atoms with Gasteiger partial charge in [-0.05, 0) is 31.2 Å². The van der Waals surface area contributed by atoms with Crippen LogP contribution in [0.25, 0.3) is 0 Å². The average Bonchev–Trinajstić information content (AvgIpc) is 2.24. The quantitative estimate of drug-likeness (QED) is 0.676. The second-order valence-corrected chi connectivity index (χ2v) is 7.12. The Bertz CT molecular complexity index is 180. The van der Waals surface area contributed by atoms with E-state index in [0.717, 1.165) is 11.4 Å². The summed E-state index contributed by atoms with van der Waals surface area (Å²) in [6, 6.07) is 0.869. The van der Waals surface area contributed by atoms with Crippen LogP contribution in [-0.4, -0.2) is 29.4 Å². The topological polar surface area (TPSA) is 3.24 Å². The minimum atomic E-state index is 0.471. The summed E-state index contributed by atoms with van der Waals surface area (Å²) in [4.78, 5) is 2.72. The Kier molecular flexibility index (Phi) is 6.35. The normalized spacial score (nSPS) is 19.3. The molecule has 1 aliphatic rings. The second-order valence-electron chi connectivity index (χ2n) is 6.33. The van der Waals surface area contributed by atoms with Crippen molar-refractivity contribution >= 4 is 15.9 Å². The molecule has 0 amide bonds. The number of hydrogen-bond donors (Lipinski definition) is 0. The molecule has 0 heterocycles. The third kappa shape index (κ3) is 5.67. The van der Waals surface area contributed by atoms with Gasteiger partial charge in [0.15, 0.2) is 0 Å². The maximum Gasteiger partial charge on any atom is 0.0159 e. The van der Waals surface area contributed by atoms with Crippen LogP contribution in [-0.2, 0) is 0 Å². The van der Waals surface area contributed by atoms with Crippen LogP contribution in [0.1, 0.15) is 59.3 Å². The molecule has 1 fully saturated rings. The van der Waals surface area contributed by atoms with E-state index in [9.17, 15) is 0 Å². The molecule has 0 N–H and O–H groups in total. The van der Waals surface area contributed by atoms with E-state index in [1.54, 1.807) is 0 Å². The molecule has 96 valence electrons. The monoisotopic (exact) mass is 289 g/mol. The van der Waals surface area contributed by atoms with Gasteiger partial charge in [-0.1, -0.05) is 56.0 Å². The van der Waals surface area contributed by atoms with Crippen LogP contribution in [0.5, 0.6) is 0 Å². The SMILES string of the molecule is CC(C)(C)CCN(CCBr)C1CCCCC1. The van der Waals surface area contributed by atoms with Gasteiger partial charge in [-0.2, -0.15) is 0 Å². The van der Waals surface area contributed by atoms with Crippen LogP contribution >= 0.6 is 15.9 Å². The van der Waals surface area contributed by atoms with Crippen LogP contribution in [0.4, 0.5) is 0 Å². The van der Waals surface area contributed by atoms with Gasteiger partial charge in [0, 0.05) is 17.9 Å². The van der Waals surface area contributed by atoms with E-state index in [0.29, 0.717) is 5.41 Å². The zero-order valence-electron chi connectivity index (χ0n) is 11.3.